The number of nitrogens with zero attached hydrogens (tertiary/aromatic N) is 2. The molecule has 1 rings (SSSR count). The largest absolute Gasteiger partial charge is 0.353 e. The molecule has 0 aliphatic heterocycles. The molecule has 0 aliphatic carbocycles. The number of aryl methyl sites for hydroxylation is 1. The van der Waals surface area contributed by atoms with Crippen LogP contribution in [0.5, 0.6) is 0 Å². The van der Waals surface area contributed by atoms with Crippen molar-refractivity contribution in [3.63, 3.8) is 0 Å². The first kappa shape index (κ1) is 17.3. The highest BCUT2D eigenvalue weighted by Gasteiger charge is 2.11. The van der Waals surface area contributed by atoms with Crippen LogP contribution >= 0.6 is 24.2 Å². The minimum Gasteiger partial charge on any atom is -0.353 e. The van der Waals surface area contributed by atoms with E-state index in [-0.39, 0.29) is 18.3 Å². The molecule has 3 N–H and O–H groups in total. The molecule has 104 valence electrons. The van der Waals surface area contributed by atoms with Crippen molar-refractivity contribution in [1.82, 2.24) is 15.1 Å². The van der Waals surface area contributed by atoms with Gasteiger partial charge in [-0.3, -0.25) is 9.48 Å². The lowest BCUT2D eigenvalue weighted by Crippen LogP contribution is -2.42. The molecular formula is C11H21ClN4OS. The lowest BCUT2D eigenvalue weighted by Gasteiger charge is -2.11. The Hall–Kier alpha value is -0.720. The molecule has 0 saturated heterocycles. The Morgan fingerprint density at radius 1 is 1.67 bits per heavy atom. The lowest BCUT2D eigenvalue weighted by atomic mass is 10.2. The average Bonchev–Trinajstić information content (AvgIpc) is 2.71. The fourth-order valence-electron chi connectivity index (χ4n) is 1.39. The number of nitrogens with one attached hydrogen (secondary N) is 1. The molecular weight excluding hydrogens is 272 g/mol. The maximum atomic E-state index is 11.6. The van der Waals surface area contributed by atoms with Crippen molar-refractivity contribution in [2.45, 2.75) is 25.9 Å². The Kier molecular flexibility index (Phi) is 8.87. The summed E-state index contributed by atoms with van der Waals surface area (Å²) in [5.41, 5.74) is 6.86. The summed E-state index contributed by atoms with van der Waals surface area (Å²) in [4.78, 5) is 11.6. The summed E-state index contributed by atoms with van der Waals surface area (Å²) in [6.07, 6.45) is 6.46. The summed E-state index contributed by atoms with van der Waals surface area (Å²) < 4.78 is 1.81. The van der Waals surface area contributed by atoms with E-state index >= 15 is 0 Å². The summed E-state index contributed by atoms with van der Waals surface area (Å²) in [6.45, 7) is 3.22. The van der Waals surface area contributed by atoms with Crippen LogP contribution in [0.3, 0.4) is 0 Å². The number of carbonyl (C=O) groups excluding carboxylic acids is 1. The molecule has 1 aromatic heterocycles. The van der Waals surface area contributed by atoms with Crippen LogP contribution < -0.4 is 11.1 Å². The van der Waals surface area contributed by atoms with Gasteiger partial charge >= 0.3 is 0 Å². The molecule has 1 atom stereocenters. The van der Waals surface area contributed by atoms with E-state index in [0.29, 0.717) is 19.5 Å². The third kappa shape index (κ3) is 6.28. The predicted molar refractivity (Wildman–Crippen MR) is 78.2 cm³/mol. The molecule has 0 bridgehead atoms. The molecule has 0 aliphatic rings. The van der Waals surface area contributed by atoms with E-state index in [1.54, 1.807) is 18.0 Å². The Morgan fingerprint density at radius 3 is 2.94 bits per heavy atom. The molecule has 1 unspecified atom stereocenters. The molecule has 1 heterocycles. The van der Waals surface area contributed by atoms with Gasteiger partial charge in [0.1, 0.15) is 0 Å². The van der Waals surface area contributed by atoms with E-state index in [0.717, 1.165) is 11.3 Å². The number of hydrogen-bond acceptors (Lipinski definition) is 4. The van der Waals surface area contributed by atoms with E-state index in [2.05, 4.69) is 10.4 Å². The normalized spacial score (nSPS) is 11.7. The number of amides is 1. The van der Waals surface area contributed by atoms with E-state index in [9.17, 15) is 4.79 Å². The number of hydrogen-bond donors (Lipinski definition) is 2. The Labute approximate surface area is 118 Å². The number of rotatable bonds is 7. The van der Waals surface area contributed by atoms with E-state index < -0.39 is 6.04 Å². The van der Waals surface area contributed by atoms with Gasteiger partial charge in [-0.05, 0) is 30.9 Å². The smallest absolute Gasteiger partial charge is 0.237 e. The highest BCUT2D eigenvalue weighted by Crippen LogP contribution is 1.98. The van der Waals surface area contributed by atoms with Crippen molar-refractivity contribution >= 4 is 30.1 Å². The van der Waals surface area contributed by atoms with Gasteiger partial charge in [-0.2, -0.15) is 16.9 Å². The first-order valence-corrected chi connectivity index (χ1v) is 7.04. The Bertz CT molecular complexity index is 359. The zero-order valence-electron chi connectivity index (χ0n) is 10.8. The zero-order valence-corrected chi connectivity index (χ0v) is 12.4. The van der Waals surface area contributed by atoms with Crippen molar-refractivity contribution in [3.8, 4) is 0 Å². The molecule has 7 heteroatoms. The van der Waals surface area contributed by atoms with Gasteiger partial charge in [0.05, 0.1) is 18.8 Å². The molecule has 18 heavy (non-hydrogen) atoms. The summed E-state index contributed by atoms with van der Waals surface area (Å²) in [5, 5.41) is 6.95. The van der Waals surface area contributed by atoms with Crippen LogP contribution in [0.25, 0.3) is 0 Å². The monoisotopic (exact) mass is 292 g/mol. The molecule has 1 amide bonds. The van der Waals surface area contributed by atoms with Crippen LogP contribution in [0, 0.1) is 6.92 Å². The minimum absolute atomic E-state index is 0. The van der Waals surface area contributed by atoms with Crippen LogP contribution in [0.15, 0.2) is 12.4 Å². The molecule has 5 nitrogen and oxygen atoms in total. The summed E-state index contributed by atoms with van der Waals surface area (Å²) in [6, 6.07) is -0.401. The maximum Gasteiger partial charge on any atom is 0.237 e. The summed E-state index contributed by atoms with van der Waals surface area (Å²) in [7, 11) is 0. The quantitative estimate of drug-likeness (QED) is 0.780. The second-order valence-corrected chi connectivity index (χ2v) is 4.95. The number of nitrogens with two attached hydrogens (primary N) is 1. The van der Waals surface area contributed by atoms with Crippen LogP contribution in [0.2, 0.25) is 0 Å². The van der Waals surface area contributed by atoms with Crippen molar-refractivity contribution in [1.29, 1.82) is 0 Å². The maximum absolute atomic E-state index is 11.6. The molecule has 0 aromatic carbocycles. The highest BCUT2D eigenvalue weighted by atomic mass is 35.5. The van der Waals surface area contributed by atoms with Gasteiger partial charge < -0.3 is 11.1 Å². The van der Waals surface area contributed by atoms with Crippen molar-refractivity contribution in [2.24, 2.45) is 5.73 Å². The van der Waals surface area contributed by atoms with Crippen LogP contribution in [-0.2, 0) is 11.3 Å². The molecule has 1 aromatic rings. The standard InChI is InChI=1S/C11H20N4OS.ClH/c1-9-7-14-15(8-9)5-4-13-11(16)10(12)3-6-17-2;/h7-8,10H,3-6,12H2,1-2H3,(H,13,16);1H. The Morgan fingerprint density at radius 2 is 2.39 bits per heavy atom. The van der Waals surface area contributed by atoms with Gasteiger partial charge in [0.15, 0.2) is 0 Å². The van der Waals surface area contributed by atoms with E-state index in [1.165, 1.54) is 0 Å². The highest BCUT2D eigenvalue weighted by molar-refractivity contribution is 7.98. The molecule has 0 saturated carbocycles. The second-order valence-electron chi connectivity index (χ2n) is 3.96. The SMILES string of the molecule is CSCCC(N)C(=O)NCCn1cc(C)cn1.Cl. The third-order valence-electron chi connectivity index (χ3n) is 2.37. The van der Waals surface area contributed by atoms with Crippen molar-refractivity contribution < 1.29 is 4.79 Å². The van der Waals surface area contributed by atoms with Gasteiger partial charge in [-0.25, -0.2) is 0 Å². The molecule has 0 radical (unpaired) electrons. The van der Waals surface area contributed by atoms with Crippen LogP contribution in [0.4, 0.5) is 0 Å². The van der Waals surface area contributed by atoms with E-state index in [1.807, 2.05) is 24.1 Å². The van der Waals surface area contributed by atoms with Gasteiger partial charge in [0.2, 0.25) is 5.91 Å². The first-order valence-electron chi connectivity index (χ1n) is 5.64. The van der Waals surface area contributed by atoms with Gasteiger partial charge in [-0.1, -0.05) is 0 Å². The fourth-order valence-corrected chi connectivity index (χ4v) is 1.88. The summed E-state index contributed by atoms with van der Waals surface area (Å²) in [5.74, 6) is 0.829. The fraction of sp³-hybridized carbons (Fsp3) is 0.636. The number of thioether (sulfide) groups is 1. The van der Waals surface area contributed by atoms with Crippen molar-refractivity contribution in [3.05, 3.63) is 18.0 Å². The lowest BCUT2D eigenvalue weighted by molar-refractivity contribution is -0.122. The third-order valence-corrected chi connectivity index (χ3v) is 3.02. The predicted octanol–water partition coefficient (Wildman–Crippen LogP) is 0.810. The van der Waals surface area contributed by atoms with Gasteiger partial charge in [-0.15, -0.1) is 12.4 Å². The van der Waals surface area contributed by atoms with Gasteiger partial charge in [0.25, 0.3) is 0 Å². The molecule has 0 spiro atoms. The molecule has 0 fully saturated rings. The number of halogens is 1. The number of aromatic nitrogens is 2. The zero-order chi connectivity index (χ0) is 12.7. The number of carbonyl (C=O) groups is 1. The minimum atomic E-state index is -0.401. The van der Waals surface area contributed by atoms with E-state index in [4.69, 9.17) is 5.73 Å². The van der Waals surface area contributed by atoms with Gasteiger partial charge in [0, 0.05) is 12.7 Å². The topological polar surface area (TPSA) is 72.9 Å². The second kappa shape index (κ2) is 9.24. The first-order chi connectivity index (χ1) is 8.13. The van der Waals surface area contributed by atoms with Crippen LogP contribution in [-0.4, -0.2) is 40.3 Å². The average molecular weight is 293 g/mol. The Balaban J connectivity index is 0.00000289. The van der Waals surface area contributed by atoms with Crippen molar-refractivity contribution in [2.75, 3.05) is 18.6 Å². The summed E-state index contributed by atoms with van der Waals surface area (Å²) >= 11 is 1.70. The van der Waals surface area contributed by atoms with Crippen LogP contribution in [0.1, 0.15) is 12.0 Å².